The summed E-state index contributed by atoms with van der Waals surface area (Å²) in [5.74, 6) is 1.06. The first kappa shape index (κ1) is 23.9. The van der Waals surface area contributed by atoms with Crippen molar-refractivity contribution in [1.29, 1.82) is 0 Å². The summed E-state index contributed by atoms with van der Waals surface area (Å²) in [5.41, 5.74) is 7.01. The SMILES string of the molecule is CC/C(=C1\c2cc3cnn(-c4nc(C)no4)c3cc2COc2ncccc21)c1cccc(NS(C)(=O)=O)c1. The molecule has 1 aliphatic heterocycles. The Morgan fingerprint density at radius 1 is 1.13 bits per heavy atom. The second-order valence-electron chi connectivity index (χ2n) is 9.06. The lowest BCUT2D eigenvalue weighted by Gasteiger charge is -2.17. The minimum atomic E-state index is -3.42. The van der Waals surface area contributed by atoms with Crippen LogP contribution in [0.3, 0.4) is 0 Å². The van der Waals surface area contributed by atoms with Gasteiger partial charge in [-0.05, 0) is 77.6 Å². The molecule has 3 aromatic heterocycles. The fourth-order valence-electron chi connectivity index (χ4n) is 4.82. The lowest BCUT2D eigenvalue weighted by molar-refractivity contribution is 0.295. The second-order valence-corrected chi connectivity index (χ2v) is 10.8. The van der Waals surface area contributed by atoms with Crippen LogP contribution in [0.1, 0.15) is 41.4 Å². The number of nitrogens with one attached hydrogen (secondary N) is 1. The van der Waals surface area contributed by atoms with Crippen LogP contribution < -0.4 is 9.46 Å². The number of sulfonamides is 1. The first-order valence-electron chi connectivity index (χ1n) is 12.0. The molecule has 0 fully saturated rings. The van der Waals surface area contributed by atoms with Crippen molar-refractivity contribution in [2.75, 3.05) is 11.0 Å². The summed E-state index contributed by atoms with van der Waals surface area (Å²) in [6, 6.07) is 15.7. The Bertz CT molecular complexity index is 1840. The van der Waals surface area contributed by atoms with Crippen LogP contribution in [0.4, 0.5) is 5.69 Å². The van der Waals surface area contributed by atoms with Crippen LogP contribution in [-0.4, -0.2) is 39.6 Å². The molecule has 1 N–H and O–H groups in total. The summed E-state index contributed by atoms with van der Waals surface area (Å²) in [4.78, 5) is 8.83. The number of allylic oxidation sites excluding steroid dienone is 1. The lowest BCUT2D eigenvalue weighted by Crippen LogP contribution is -2.09. The van der Waals surface area contributed by atoms with Gasteiger partial charge in [0.1, 0.15) is 6.61 Å². The molecule has 0 unspecified atom stereocenters. The van der Waals surface area contributed by atoms with Crippen LogP contribution in [0.2, 0.25) is 0 Å². The average molecular weight is 529 g/mol. The van der Waals surface area contributed by atoms with Gasteiger partial charge in [0, 0.05) is 22.8 Å². The predicted octanol–water partition coefficient (Wildman–Crippen LogP) is 4.74. The maximum Gasteiger partial charge on any atom is 0.349 e. The second kappa shape index (κ2) is 9.10. The molecule has 38 heavy (non-hydrogen) atoms. The van der Waals surface area contributed by atoms with E-state index >= 15 is 0 Å². The van der Waals surface area contributed by atoms with Gasteiger partial charge < -0.3 is 9.26 Å². The highest BCUT2D eigenvalue weighted by molar-refractivity contribution is 7.92. The maximum absolute atomic E-state index is 11.9. The highest BCUT2D eigenvalue weighted by atomic mass is 32.2. The number of ether oxygens (including phenoxy) is 1. The van der Waals surface area contributed by atoms with Crippen molar-refractivity contribution in [1.82, 2.24) is 24.9 Å². The zero-order chi connectivity index (χ0) is 26.4. The molecule has 11 heteroatoms. The molecule has 0 saturated heterocycles. The largest absolute Gasteiger partial charge is 0.472 e. The van der Waals surface area contributed by atoms with E-state index in [-0.39, 0.29) is 6.01 Å². The molecule has 0 spiro atoms. The maximum atomic E-state index is 11.9. The Morgan fingerprint density at radius 2 is 2.00 bits per heavy atom. The number of hydrogen-bond donors (Lipinski definition) is 1. The number of rotatable bonds is 5. The third-order valence-corrected chi connectivity index (χ3v) is 6.94. The van der Waals surface area contributed by atoms with Gasteiger partial charge in [0.05, 0.1) is 18.0 Å². The van der Waals surface area contributed by atoms with E-state index in [0.29, 0.717) is 30.4 Å². The molecule has 0 atom stereocenters. The third kappa shape index (κ3) is 4.30. The van der Waals surface area contributed by atoms with E-state index in [1.807, 2.05) is 36.4 Å². The Balaban J connectivity index is 1.60. The Kier molecular flexibility index (Phi) is 5.72. The van der Waals surface area contributed by atoms with Crippen molar-refractivity contribution >= 4 is 37.8 Å². The highest BCUT2D eigenvalue weighted by Gasteiger charge is 2.25. The van der Waals surface area contributed by atoms with Gasteiger partial charge >= 0.3 is 6.01 Å². The van der Waals surface area contributed by atoms with Crippen LogP contribution in [0.25, 0.3) is 28.1 Å². The monoisotopic (exact) mass is 528 g/mol. The Hall–Kier alpha value is -4.51. The molecule has 192 valence electrons. The van der Waals surface area contributed by atoms with Crippen molar-refractivity contribution in [3.8, 4) is 11.9 Å². The number of aryl methyl sites for hydroxylation is 1. The molecule has 0 aliphatic carbocycles. The van der Waals surface area contributed by atoms with Gasteiger partial charge in [-0.3, -0.25) is 4.72 Å². The third-order valence-electron chi connectivity index (χ3n) is 6.33. The van der Waals surface area contributed by atoms with E-state index in [9.17, 15) is 8.42 Å². The molecule has 2 aromatic carbocycles. The summed E-state index contributed by atoms with van der Waals surface area (Å²) in [5, 5.41) is 9.28. The van der Waals surface area contributed by atoms with Crippen LogP contribution >= 0.6 is 0 Å². The Morgan fingerprint density at radius 3 is 2.76 bits per heavy atom. The van der Waals surface area contributed by atoms with Crippen LogP contribution in [0, 0.1) is 6.92 Å². The molecular weight excluding hydrogens is 504 g/mol. The van der Waals surface area contributed by atoms with Crippen molar-refractivity contribution in [2.45, 2.75) is 26.9 Å². The molecule has 0 saturated carbocycles. The zero-order valence-electron chi connectivity index (χ0n) is 21.0. The van der Waals surface area contributed by atoms with E-state index in [1.165, 1.54) is 0 Å². The molecule has 10 nitrogen and oxygen atoms in total. The predicted molar refractivity (Wildman–Crippen MR) is 143 cm³/mol. The number of anilines is 1. The number of nitrogens with zero attached hydrogens (tertiary/aromatic N) is 5. The number of benzene rings is 2. The average Bonchev–Trinajstić information content (AvgIpc) is 3.46. The number of pyridine rings is 1. The van der Waals surface area contributed by atoms with Crippen molar-refractivity contribution in [3.05, 3.63) is 89.0 Å². The van der Waals surface area contributed by atoms with Gasteiger partial charge in [0.2, 0.25) is 15.9 Å². The fourth-order valence-corrected chi connectivity index (χ4v) is 5.37. The van der Waals surface area contributed by atoms with Gasteiger partial charge in [-0.25, -0.2) is 13.4 Å². The summed E-state index contributed by atoms with van der Waals surface area (Å²) in [7, 11) is -3.42. The van der Waals surface area contributed by atoms with Crippen LogP contribution in [-0.2, 0) is 16.6 Å². The number of aromatic nitrogens is 5. The first-order valence-corrected chi connectivity index (χ1v) is 13.9. The topological polar surface area (TPSA) is 125 Å². The minimum absolute atomic E-state index is 0.289. The number of hydrogen-bond acceptors (Lipinski definition) is 8. The van der Waals surface area contributed by atoms with E-state index in [4.69, 9.17) is 9.26 Å². The molecule has 0 bridgehead atoms. The summed E-state index contributed by atoms with van der Waals surface area (Å²) < 4.78 is 39.5. The first-order chi connectivity index (χ1) is 18.3. The van der Waals surface area contributed by atoms with Crippen molar-refractivity contribution in [2.24, 2.45) is 0 Å². The molecule has 1 aliphatic rings. The van der Waals surface area contributed by atoms with Crippen molar-refractivity contribution in [3.63, 3.8) is 0 Å². The normalized spacial score (nSPS) is 14.4. The molecule has 4 heterocycles. The van der Waals surface area contributed by atoms with Gasteiger partial charge in [0.15, 0.2) is 5.82 Å². The van der Waals surface area contributed by atoms with Gasteiger partial charge in [-0.1, -0.05) is 24.2 Å². The lowest BCUT2D eigenvalue weighted by atomic mass is 9.86. The molecule has 6 rings (SSSR count). The fraction of sp³-hybridized carbons (Fsp3) is 0.185. The summed E-state index contributed by atoms with van der Waals surface area (Å²) in [6.45, 7) is 4.14. The highest BCUT2D eigenvalue weighted by Crippen LogP contribution is 2.43. The molecule has 0 radical (unpaired) electrons. The zero-order valence-corrected chi connectivity index (χ0v) is 21.8. The van der Waals surface area contributed by atoms with E-state index < -0.39 is 10.0 Å². The van der Waals surface area contributed by atoms with E-state index in [0.717, 1.165) is 50.6 Å². The quantitative estimate of drug-likeness (QED) is 0.347. The number of fused-ring (bicyclic) bond motifs is 3. The minimum Gasteiger partial charge on any atom is -0.472 e. The van der Waals surface area contributed by atoms with Crippen molar-refractivity contribution < 1.29 is 17.7 Å². The van der Waals surface area contributed by atoms with Gasteiger partial charge in [-0.2, -0.15) is 14.8 Å². The summed E-state index contributed by atoms with van der Waals surface area (Å²) >= 11 is 0. The summed E-state index contributed by atoms with van der Waals surface area (Å²) in [6.07, 6.45) is 5.30. The van der Waals surface area contributed by atoms with Crippen LogP contribution in [0.15, 0.2) is 65.4 Å². The van der Waals surface area contributed by atoms with E-state index in [2.05, 4.69) is 37.9 Å². The van der Waals surface area contributed by atoms with E-state index in [1.54, 1.807) is 30.1 Å². The van der Waals surface area contributed by atoms with Crippen LogP contribution in [0.5, 0.6) is 5.88 Å². The van der Waals surface area contributed by atoms with Gasteiger partial charge in [0.25, 0.3) is 0 Å². The smallest absolute Gasteiger partial charge is 0.349 e. The molecule has 0 amide bonds. The molecule has 5 aromatic rings. The molecular formula is C27H24N6O4S. The van der Waals surface area contributed by atoms with Gasteiger partial charge in [-0.15, -0.1) is 0 Å². The standard InChI is InChI=1S/C27H24N6O4S/c1-4-21(17-7-5-8-20(11-17)32-38(3,34)35)25-22-9-6-10-28-26(22)36-15-19-13-24-18(12-23(19)25)14-29-33(24)27-30-16(2)31-37-27/h5-14,32H,4,15H2,1-3H3/b25-21+. The Labute approximate surface area is 219 Å².